The second-order valence-corrected chi connectivity index (χ2v) is 6.18. The Bertz CT molecular complexity index is 893. The molecular formula is C18H18N4O. The zero-order valence-electron chi connectivity index (χ0n) is 13.3. The second kappa shape index (κ2) is 5.19. The molecule has 5 heteroatoms. The van der Waals surface area contributed by atoms with Crippen LogP contribution in [0, 0.1) is 0 Å². The summed E-state index contributed by atoms with van der Waals surface area (Å²) < 4.78 is 0. The second-order valence-electron chi connectivity index (χ2n) is 6.18. The molecular weight excluding hydrogens is 288 g/mol. The van der Waals surface area contributed by atoms with Crippen molar-refractivity contribution in [3.63, 3.8) is 0 Å². The number of benzene rings is 1. The molecule has 1 N–H and O–H groups in total. The molecule has 116 valence electrons. The van der Waals surface area contributed by atoms with Gasteiger partial charge < -0.3 is 9.88 Å². The van der Waals surface area contributed by atoms with Crippen molar-refractivity contribution in [3.8, 4) is 11.1 Å². The number of Topliss-reactive ketones (excluding diaryl/α,β-unsaturated/α-hetero) is 1. The minimum absolute atomic E-state index is 0.225. The lowest BCUT2D eigenvalue weighted by Crippen LogP contribution is -2.12. The van der Waals surface area contributed by atoms with Crippen molar-refractivity contribution < 1.29 is 4.79 Å². The van der Waals surface area contributed by atoms with Gasteiger partial charge >= 0.3 is 0 Å². The number of hydrogen-bond donors (Lipinski definition) is 1. The van der Waals surface area contributed by atoms with Crippen LogP contribution in [-0.4, -0.2) is 34.8 Å². The van der Waals surface area contributed by atoms with Gasteiger partial charge in [0, 0.05) is 49.4 Å². The molecule has 0 radical (unpaired) electrons. The Hall–Kier alpha value is -2.69. The molecule has 0 spiro atoms. The third kappa shape index (κ3) is 2.29. The number of hydrogen-bond acceptors (Lipinski definition) is 4. The Balaban J connectivity index is 1.81. The van der Waals surface area contributed by atoms with Crippen molar-refractivity contribution in [1.82, 2.24) is 15.0 Å². The van der Waals surface area contributed by atoms with Gasteiger partial charge in [0.15, 0.2) is 5.78 Å². The zero-order valence-corrected chi connectivity index (χ0v) is 13.3. The molecule has 1 aliphatic carbocycles. The lowest BCUT2D eigenvalue weighted by Gasteiger charge is -2.11. The minimum Gasteiger partial charge on any atom is -0.352 e. The van der Waals surface area contributed by atoms with Crippen LogP contribution in [-0.2, 0) is 6.42 Å². The van der Waals surface area contributed by atoms with Crippen LogP contribution in [0.5, 0.6) is 0 Å². The summed E-state index contributed by atoms with van der Waals surface area (Å²) in [5, 5.41) is 1.14. The first-order chi connectivity index (χ1) is 11.1. The van der Waals surface area contributed by atoms with Crippen LogP contribution in [0.3, 0.4) is 0 Å². The minimum atomic E-state index is 0.225. The Morgan fingerprint density at radius 3 is 2.61 bits per heavy atom. The monoisotopic (exact) mass is 306 g/mol. The molecule has 1 aliphatic rings. The Labute approximate surface area is 134 Å². The summed E-state index contributed by atoms with van der Waals surface area (Å²) in [7, 11) is 3.84. The maximum absolute atomic E-state index is 12.1. The van der Waals surface area contributed by atoms with Crippen molar-refractivity contribution in [3.05, 3.63) is 41.9 Å². The molecule has 0 atom stereocenters. The van der Waals surface area contributed by atoms with E-state index in [-0.39, 0.29) is 5.78 Å². The highest BCUT2D eigenvalue weighted by atomic mass is 16.1. The molecule has 5 nitrogen and oxygen atoms in total. The van der Waals surface area contributed by atoms with Gasteiger partial charge in [-0.2, -0.15) is 0 Å². The topological polar surface area (TPSA) is 61.9 Å². The molecule has 4 rings (SSSR count). The van der Waals surface area contributed by atoms with E-state index in [1.165, 1.54) is 0 Å². The van der Waals surface area contributed by atoms with Crippen molar-refractivity contribution in [2.45, 2.75) is 19.3 Å². The first-order valence-electron chi connectivity index (χ1n) is 7.81. The summed E-state index contributed by atoms with van der Waals surface area (Å²) in [5.41, 5.74) is 5.03. The Morgan fingerprint density at radius 1 is 1.09 bits per heavy atom. The van der Waals surface area contributed by atoms with Crippen molar-refractivity contribution in [2.75, 3.05) is 19.0 Å². The van der Waals surface area contributed by atoms with Crippen LogP contribution in [0.2, 0.25) is 0 Å². The van der Waals surface area contributed by atoms with E-state index < -0.39 is 0 Å². The number of aryl methyl sites for hydroxylation is 1. The van der Waals surface area contributed by atoms with E-state index >= 15 is 0 Å². The highest BCUT2D eigenvalue weighted by Gasteiger charge is 2.22. The Kier molecular flexibility index (Phi) is 3.15. The van der Waals surface area contributed by atoms with Crippen molar-refractivity contribution in [1.29, 1.82) is 0 Å². The van der Waals surface area contributed by atoms with Gasteiger partial charge in [-0.15, -0.1) is 0 Å². The number of fused-ring (bicyclic) bond motifs is 3. The molecule has 0 bridgehead atoms. The average Bonchev–Trinajstić information content (AvgIpc) is 2.94. The van der Waals surface area contributed by atoms with Crippen LogP contribution in [0.25, 0.3) is 22.0 Å². The fraction of sp³-hybridized carbons (Fsp3) is 0.278. The predicted octanol–water partition coefficient (Wildman–Crippen LogP) is 3.21. The van der Waals surface area contributed by atoms with E-state index in [9.17, 15) is 4.79 Å². The number of aromatic amines is 1. The van der Waals surface area contributed by atoms with E-state index in [0.717, 1.165) is 46.1 Å². The van der Waals surface area contributed by atoms with E-state index in [4.69, 9.17) is 0 Å². The van der Waals surface area contributed by atoms with Crippen molar-refractivity contribution >= 4 is 22.6 Å². The highest BCUT2D eigenvalue weighted by Crippen LogP contribution is 2.32. The molecule has 0 fully saturated rings. The third-order valence-electron chi connectivity index (χ3n) is 4.39. The number of H-pyrrole nitrogens is 1. The fourth-order valence-corrected chi connectivity index (χ4v) is 3.18. The van der Waals surface area contributed by atoms with Crippen molar-refractivity contribution in [2.24, 2.45) is 0 Å². The number of carbonyl (C=O) groups is 1. The summed E-state index contributed by atoms with van der Waals surface area (Å²) in [5.74, 6) is 0.919. The van der Waals surface area contributed by atoms with Gasteiger partial charge in [0.05, 0.1) is 5.69 Å². The molecule has 2 aromatic heterocycles. The maximum atomic E-state index is 12.1. The summed E-state index contributed by atoms with van der Waals surface area (Å²) in [4.78, 5) is 26.0. The van der Waals surface area contributed by atoms with Gasteiger partial charge in [0.1, 0.15) is 0 Å². The number of rotatable bonds is 2. The molecule has 23 heavy (non-hydrogen) atoms. The molecule has 2 heterocycles. The first-order valence-corrected chi connectivity index (χ1v) is 7.81. The Morgan fingerprint density at radius 2 is 1.87 bits per heavy atom. The van der Waals surface area contributed by atoms with Gasteiger partial charge in [-0.25, -0.2) is 9.97 Å². The fourth-order valence-electron chi connectivity index (χ4n) is 3.18. The number of aromatic nitrogens is 3. The van der Waals surface area contributed by atoms with Gasteiger partial charge in [0.2, 0.25) is 5.95 Å². The SMILES string of the molecule is CN(C)c1ncc(-c2ccc3[nH]c4c(c3c2)CCCC4=O)cn1. The molecule has 0 saturated heterocycles. The number of nitrogens with zero attached hydrogens (tertiary/aromatic N) is 3. The smallest absolute Gasteiger partial charge is 0.224 e. The molecule has 0 amide bonds. The number of ketones is 1. The molecule has 1 aromatic carbocycles. The van der Waals surface area contributed by atoms with E-state index in [2.05, 4.69) is 21.0 Å². The summed E-state index contributed by atoms with van der Waals surface area (Å²) in [6.07, 6.45) is 6.22. The number of anilines is 1. The van der Waals surface area contributed by atoms with E-state index in [1.807, 2.05) is 43.5 Å². The largest absolute Gasteiger partial charge is 0.352 e. The van der Waals surface area contributed by atoms with Gasteiger partial charge in [-0.3, -0.25) is 4.79 Å². The van der Waals surface area contributed by atoms with Crippen LogP contribution in [0.1, 0.15) is 28.9 Å². The summed E-state index contributed by atoms with van der Waals surface area (Å²) >= 11 is 0. The van der Waals surface area contributed by atoms with Crippen LogP contribution >= 0.6 is 0 Å². The normalized spacial score (nSPS) is 14.1. The average molecular weight is 306 g/mol. The van der Waals surface area contributed by atoms with E-state index in [1.54, 1.807) is 0 Å². The highest BCUT2D eigenvalue weighted by molar-refractivity contribution is 6.04. The summed E-state index contributed by atoms with van der Waals surface area (Å²) in [6.45, 7) is 0. The number of carbonyl (C=O) groups excluding carboxylic acids is 1. The quantitative estimate of drug-likeness (QED) is 0.789. The predicted molar refractivity (Wildman–Crippen MR) is 90.9 cm³/mol. The summed E-state index contributed by atoms with van der Waals surface area (Å²) in [6, 6.07) is 6.22. The zero-order chi connectivity index (χ0) is 16.0. The molecule has 0 saturated carbocycles. The van der Waals surface area contributed by atoms with E-state index in [0.29, 0.717) is 12.4 Å². The maximum Gasteiger partial charge on any atom is 0.224 e. The lowest BCUT2D eigenvalue weighted by molar-refractivity contribution is 0.0968. The first kappa shape index (κ1) is 13.9. The molecule has 3 aromatic rings. The van der Waals surface area contributed by atoms with Gasteiger partial charge in [-0.1, -0.05) is 6.07 Å². The van der Waals surface area contributed by atoms with Crippen LogP contribution in [0.15, 0.2) is 30.6 Å². The third-order valence-corrected chi connectivity index (χ3v) is 4.39. The molecule has 0 aliphatic heterocycles. The van der Waals surface area contributed by atoms with Gasteiger partial charge in [0.25, 0.3) is 0 Å². The van der Waals surface area contributed by atoms with Crippen LogP contribution in [0.4, 0.5) is 5.95 Å². The van der Waals surface area contributed by atoms with Gasteiger partial charge in [-0.05, 0) is 36.1 Å². The number of nitrogens with one attached hydrogen (secondary N) is 1. The molecule has 0 unspecified atom stereocenters. The standard InChI is InChI=1S/C18H18N4O/c1-22(2)18-19-9-12(10-20-18)11-6-7-15-14(8-11)13-4-3-5-16(23)17(13)21-15/h6-10,21H,3-5H2,1-2H3. The van der Waals surface area contributed by atoms with Crippen LogP contribution < -0.4 is 4.90 Å². The lowest BCUT2D eigenvalue weighted by atomic mass is 9.94.